The van der Waals surface area contributed by atoms with Crippen molar-refractivity contribution in [2.45, 2.75) is 13.0 Å². The van der Waals surface area contributed by atoms with Crippen LogP contribution in [0.1, 0.15) is 16.8 Å². The van der Waals surface area contributed by atoms with Crippen molar-refractivity contribution >= 4 is 22.9 Å². The van der Waals surface area contributed by atoms with Gasteiger partial charge in [0.05, 0.1) is 5.56 Å². The summed E-state index contributed by atoms with van der Waals surface area (Å²) in [5.74, 6) is 4.17. The van der Waals surface area contributed by atoms with E-state index in [0.717, 1.165) is 0 Å². The number of nitrogens with one attached hydrogen (secondary N) is 2. The first-order valence-corrected chi connectivity index (χ1v) is 6.29. The molecule has 2 amide bonds. The Hall–Kier alpha value is -2.61. The molecule has 0 fully saturated rings. The maximum atomic E-state index is 13.3. The van der Waals surface area contributed by atoms with E-state index >= 15 is 0 Å². The number of hydrogen-bond acceptors (Lipinski definition) is 3. The van der Waals surface area contributed by atoms with Crippen LogP contribution in [0.25, 0.3) is 10.9 Å². The molecule has 1 aromatic carbocycles. The van der Waals surface area contributed by atoms with E-state index in [0.29, 0.717) is 23.9 Å². The Balaban J connectivity index is 2.27. The normalized spacial score (nSPS) is 10.6. The lowest BCUT2D eigenvalue weighted by atomic mass is 10.1. The van der Waals surface area contributed by atoms with E-state index in [9.17, 15) is 14.0 Å². The Labute approximate surface area is 119 Å². The molecule has 0 saturated carbocycles. The average Bonchev–Trinajstić information content (AvgIpc) is 2.80. The summed E-state index contributed by atoms with van der Waals surface area (Å²) in [5, 5.41) is 11.2. The number of carboxylic acid groups (broad SMARTS) is 1. The average molecular weight is 294 g/mol. The summed E-state index contributed by atoms with van der Waals surface area (Å²) in [6, 6.07) is 4.15. The second-order valence-corrected chi connectivity index (χ2v) is 4.46. The number of fused-ring (bicyclic) bond motifs is 1. The van der Waals surface area contributed by atoms with Gasteiger partial charge in [0.1, 0.15) is 5.82 Å². The summed E-state index contributed by atoms with van der Waals surface area (Å²) in [4.78, 5) is 22.1. The van der Waals surface area contributed by atoms with Crippen molar-refractivity contribution in [1.29, 1.82) is 0 Å². The van der Waals surface area contributed by atoms with Crippen LogP contribution in [-0.2, 0) is 6.54 Å². The predicted molar refractivity (Wildman–Crippen MR) is 74.2 cm³/mol. The number of amides is 2. The third kappa shape index (κ3) is 3.29. The molecule has 112 valence electrons. The molecule has 0 spiro atoms. The van der Waals surface area contributed by atoms with Crippen LogP contribution in [0.2, 0.25) is 0 Å². The highest BCUT2D eigenvalue weighted by Gasteiger charge is 2.14. The van der Waals surface area contributed by atoms with Gasteiger partial charge in [-0.3, -0.25) is 10.2 Å². The first-order chi connectivity index (χ1) is 10.0. The van der Waals surface area contributed by atoms with Gasteiger partial charge in [0, 0.05) is 30.2 Å². The van der Waals surface area contributed by atoms with E-state index in [1.54, 1.807) is 16.8 Å². The molecule has 0 radical (unpaired) electrons. The van der Waals surface area contributed by atoms with Crippen molar-refractivity contribution in [2.24, 2.45) is 5.84 Å². The van der Waals surface area contributed by atoms with E-state index in [2.05, 4.69) is 5.32 Å². The second-order valence-electron chi connectivity index (χ2n) is 4.46. The van der Waals surface area contributed by atoms with Crippen LogP contribution in [-0.4, -0.2) is 28.2 Å². The molecule has 0 bridgehead atoms. The van der Waals surface area contributed by atoms with Crippen molar-refractivity contribution in [3.63, 3.8) is 0 Å². The molecular formula is C13H15FN4O3. The zero-order valence-electron chi connectivity index (χ0n) is 11.1. The molecule has 0 atom stereocenters. The molecule has 7 nitrogen and oxygen atoms in total. The van der Waals surface area contributed by atoms with Gasteiger partial charge in [-0.1, -0.05) is 0 Å². The fraction of sp³-hybridized carbons (Fsp3) is 0.231. The van der Waals surface area contributed by atoms with E-state index in [1.807, 2.05) is 5.43 Å². The molecule has 0 unspecified atom stereocenters. The number of nitrogen functional groups attached to an aromatic ring is 1. The van der Waals surface area contributed by atoms with Crippen LogP contribution in [0.15, 0.2) is 24.4 Å². The Kier molecular flexibility index (Phi) is 4.39. The lowest BCUT2D eigenvalue weighted by Gasteiger charge is -2.05. The highest BCUT2D eigenvalue weighted by molar-refractivity contribution is 6.06. The van der Waals surface area contributed by atoms with Gasteiger partial charge in [-0.25, -0.2) is 15.0 Å². The summed E-state index contributed by atoms with van der Waals surface area (Å²) in [6.45, 7) is 0.773. The Bertz CT molecular complexity index is 683. The number of hydrogen-bond donors (Lipinski definition) is 4. The SMILES string of the molecule is NNC(=O)c1cn(CCCNC(=O)O)c2ccc(F)cc12. The largest absolute Gasteiger partial charge is 0.465 e. The van der Waals surface area contributed by atoms with Crippen molar-refractivity contribution in [3.8, 4) is 0 Å². The molecule has 8 heteroatoms. The number of hydrazine groups is 1. The molecule has 0 aliphatic carbocycles. The third-order valence-electron chi connectivity index (χ3n) is 3.07. The summed E-state index contributed by atoms with van der Waals surface area (Å²) >= 11 is 0. The van der Waals surface area contributed by atoms with Crippen LogP contribution in [0, 0.1) is 5.82 Å². The number of nitrogens with zero attached hydrogens (tertiary/aromatic N) is 1. The van der Waals surface area contributed by atoms with E-state index in [1.165, 1.54) is 12.1 Å². The Morgan fingerprint density at radius 1 is 1.38 bits per heavy atom. The summed E-state index contributed by atoms with van der Waals surface area (Å²) in [7, 11) is 0. The minimum Gasteiger partial charge on any atom is -0.465 e. The van der Waals surface area contributed by atoms with E-state index in [-0.39, 0.29) is 12.1 Å². The van der Waals surface area contributed by atoms with E-state index in [4.69, 9.17) is 10.9 Å². The molecule has 2 rings (SSSR count). The summed E-state index contributed by atoms with van der Waals surface area (Å²) in [6.07, 6.45) is 1.03. The smallest absolute Gasteiger partial charge is 0.404 e. The summed E-state index contributed by atoms with van der Waals surface area (Å²) < 4.78 is 15.1. The molecule has 1 aromatic heterocycles. The fourth-order valence-electron chi connectivity index (χ4n) is 2.16. The van der Waals surface area contributed by atoms with Gasteiger partial charge in [0.2, 0.25) is 0 Å². The van der Waals surface area contributed by atoms with Gasteiger partial charge >= 0.3 is 6.09 Å². The molecular weight excluding hydrogens is 279 g/mol. The molecule has 21 heavy (non-hydrogen) atoms. The number of aryl methyl sites for hydroxylation is 1. The topological polar surface area (TPSA) is 109 Å². The van der Waals surface area contributed by atoms with Crippen molar-refractivity contribution < 1.29 is 19.1 Å². The number of aromatic nitrogens is 1. The van der Waals surface area contributed by atoms with Crippen molar-refractivity contribution in [3.05, 3.63) is 35.8 Å². The zero-order chi connectivity index (χ0) is 15.4. The molecule has 0 saturated heterocycles. The highest BCUT2D eigenvalue weighted by atomic mass is 19.1. The van der Waals surface area contributed by atoms with Gasteiger partial charge in [-0.05, 0) is 24.6 Å². The van der Waals surface area contributed by atoms with Gasteiger partial charge in [-0.15, -0.1) is 0 Å². The summed E-state index contributed by atoms with van der Waals surface area (Å²) in [5.41, 5.74) is 2.99. The van der Waals surface area contributed by atoms with Crippen molar-refractivity contribution in [1.82, 2.24) is 15.3 Å². The lowest BCUT2D eigenvalue weighted by Crippen LogP contribution is -2.29. The van der Waals surface area contributed by atoms with Crippen LogP contribution in [0.5, 0.6) is 0 Å². The maximum Gasteiger partial charge on any atom is 0.404 e. The minimum absolute atomic E-state index is 0.276. The fourth-order valence-corrected chi connectivity index (χ4v) is 2.16. The van der Waals surface area contributed by atoms with E-state index < -0.39 is 17.8 Å². The van der Waals surface area contributed by atoms with Gasteiger partial charge < -0.3 is 15.0 Å². The quantitative estimate of drug-likeness (QED) is 0.286. The number of halogens is 1. The zero-order valence-corrected chi connectivity index (χ0v) is 11.1. The third-order valence-corrected chi connectivity index (χ3v) is 3.07. The lowest BCUT2D eigenvalue weighted by molar-refractivity contribution is 0.0955. The van der Waals surface area contributed by atoms with Crippen LogP contribution in [0.3, 0.4) is 0 Å². The standard InChI is InChI=1S/C13H15FN4O3/c14-8-2-3-11-9(6-8)10(12(19)17-15)7-18(11)5-1-4-16-13(20)21/h2-3,6-7,16H,1,4-5,15H2,(H,17,19)(H,20,21). The number of benzene rings is 1. The molecule has 1 heterocycles. The maximum absolute atomic E-state index is 13.3. The number of carbonyl (C=O) groups is 2. The highest BCUT2D eigenvalue weighted by Crippen LogP contribution is 2.22. The molecule has 0 aliphatic rings. The van der Waals surface area contributed by atoms with Crippen LogP contribution >= 0.6 is 0 Å². The van der Waals surface area contributed by atoms with Gasteiger partial charge in [0.25, 0.3) is 5.91 Å². The number of carbonyl (C=O) groups excluding carboxylic acids is 1. The molecule has 2 aromatic rings. The van der Waals surface area contributed by atoms with Crippen LogP contribution in [0.4, 0.5) is 9.18 Å². The van der Waals surface area contributed by atoms with Crippen LogP contribution < -0.4 is 16.6 Å². The predicted octanol–water partition coefficient (Wildman–Crippen LogP) is 1.04. The number of nitrogens with two attached hydrogens (primary N) is 1. The van der Waals surface area contributed by atoms with Gasteiger partial charge in [0.15, 0.2) is 0 Å². The Morgan fingerprint density at radius 3 is 2.81 bits per heavy atom. The minimum atomic E-state index is -1.09. The first-order valence-electron chi connectivity index (χ1n) is 6.29. The second kappa shape index (κ2) is 6.23. The van der Waals surface area contributed by atoms with Crippen molar-refractivity contribution in [2.75, 3.05) is 6.54 Å². The van der Waals surface area contributed by atoms with Gasteiger partial charge in [-0.2, -0.15) is 0 Å². The molecule has 0 aliphatic heterocycles. The molecule has 5 N–H and O–H groups in total. The first kappa shape index (κ1) is 14.8. The monoisotopic (exact) mass is 294 g/mol. The Morgan fingerprint density at radius 2 is 2.14 bits per heavy atom. The number of rotatable bonds is 5.